The Morgan fingerprint density at radius 2 is 2.10 bits per heavy atom. The van der Waals surface area contributed by atoms with E-state index in [4.69, 9.17) is 33.7 Å². The Balaban J connectivity index is 2.12. The molecular weight excluding hydrogens is 311 g/mol. The van der Waals surface area contributed by atoms with Crippen LogP contribution in [-0.4, -0.2) is 25.7 Å². The van der Waals surface area contributed by atoms with Crippen LogP contribution < -0.4 is 11.1 Å². The van der Waals surface area contributed by atoms with Crippen molar-refractivity contribution in [2.45, 2.75) is 25.8 Å². The van der Waals surface area contributed by atoms with Crippen molar-refractivity contribution in [1.29, 1.82) is 0 Å². The van der Waals surface area contributed by atoms with Gasteiger partial charge < -0.3 is 15.8 Å². The van der Waals surface area contributed by atoms with Crippen LogP contribution in [0.15, 0.2) is 18.2 Å². The van der Waals surface area contributed by atoms with Crippen LogP contribution in [0, 0.1) is 5.41 Å². The quantitative estimate of drug-likeness (QED) is 0.892. The molecule has 116 valence electrons. The van der Waals surface area contributed by atoms with Crippen molar-refractivity contribution in [2.75, 3.05) is 19.8 Å². The van der Waals surface area contributed by atoms with Gasteiger partial charge in [-0.05, 0) is 31.4 Å². The standard InChI is InChI=1S/C15H20Cl2N2O2/c1-10(11-3-2-4-12(16)13(11)17)19-14(20)15(9-18)5-7-21-8-6-15/h2-4,10H,5-9,18H2,1H3,(H,19,20). The van der Waals surface area contributed by atoms with Crippen LogP contribution in [0.3, 0.4) is 0 Å². The van der Waals surface area contributed by atoms with Gasteiger partial charge in [-0.15, -0.1) is 0 Å². The summed E-state index contributed by atoms with van der Waals surface area (Å²) in [5, 5.41) is 3.96. The maximum Gasteiger partial charge on any atom is 0.228 e. The highest BCUT2D eigenvalue weighted by atomic mass is 35.5. The number of benzene rings is 1. The summed E-state index contributed by atoms with van der Waals surface area (Å²) >= 11 is 12.2. The summed E-state index contributed by atoms with van der Waals surface area (Å²) in [6.45, 7) is 3.34. The molecule has 0 aromatic heterocycles. The fourth-order valence-electron chi connectivity index (χ4n) is 2.57. The van der Waals surface area contributed by atoms with E-state index in [0.717, 1.165) is 5.56 Å². The SMILES string of the molecule is CC(NC(=O)C1(CN)CCOCC1)c1cccc(Cl)c1Cl. The fraction of sp³-hybridized carbons (Fsp3) is 0.533. The van der Waals surface area contributed by atoms with Crippen LogP contribution in [0.5, 0.6) is 0 Å². The normalized spacial score (nSPS) is 19.0. The molecule has 3 N–H and O–H groups in total. The summed E-state index contributed by atoms with van der Waals surface area (Å²) in [4.78, 5) is 12.6. The van der Waals surface area contributed by atoms with Crippen molar-refractivity contribution in [3.05, 3.63) is 33.8 Å². The van der Waals surface area contributed by atoms with Crippen molar-refractivity contribution in [3.8, 4) is 0 Å². The second kappa shape index (κ2) is 6.97. The van der Waals surface area contributed by atoms with E-state index in [9.17, 15) is 4.79 Å². The maximum atomic E-state index is 12.6. The van der Waals surface area contributed by atoms with E-state index in [1.165, 1.54) is 0 Å². The van der Waals surface area contributed by atoms with Gasteiger partial charge in [0.25, 0.3) is 0 Å². The van der Waals surface area contributed by atoms with Crippen molar-refractivity contribution in [1.82, 2.24) is 5.32 Å². The van der Waals surface area contributed by atoms with Crippen molar-refractivity contribution in [2.24, 2.45) is 11.1 Å². The Morgan fingerprint density at radius 1 is 1.43 bits per heavy atom. The van der Waals surface area contributed by atoms with Gasteiger partial charge in [0.1, 0.15) is 0 Å². The van der Waals surface area contributed by atoms with E-state index in [0.29, 0.717) is 42.6 Å². The number of halogens is 2. The maximum absolute atomic E-state index is 12.6. The molecule has 1 aliphatic heterocycles. The van der Waals surface area contributed by atoms with Gasteiger partial charge in [0.15, 0.2) is 0 Å². The molecule has 0 bridgehead atoms. The first-order valence-electron chi connectivity index (χ1n) is 7.03. The molecule has 1 fully saturated rings. The average molecular weight is 331 g/mol. The highest BCUT2D eigenvalue weighted by molar-refractivity contribution is 6.42. The molecule has 0 spiro atoms. The first-order chi connectivity index (χ1) is 10.00. The third kappa shape index (κ3) is 3.51. The topological polar surface area (TPSA) is 64.4 Å². The number of carbonyl (C=O) groups is 1. The van der Waals surface area contributed by atoms with Crippen LogP contribution in [0.25, 0.3) is 0 Å². The Bertz CT molecular complexity index is 516. The average Bonchev–Trinajstić information content (AvgIpc) is 2.50. The Morgan fingerprint density at radius 3 is 2.71 bits per heavy atom. The smallest absolute Gasteiger partial charge is 0.228 e. The zero-order valence-corrected chi connectivity index (χ0v) is 13.5. The summed E-state index contributed by atoms with van der Waals surface area (Å²) in [6.07, 6.45) is 1.29. The van der Waals surface area contributed by atoms with Crippen molar-refractivity contribution < 1.29 is 9.53 Å². The van der Waals surface area contributed by atoms with Crippen LogP contribution in [0.2, 0.25) is 10.0 Å². The third-order valence-corrected chi connectivity index (χ3v) is 4.95. The van der Waals surface area contributed by atoms with Gasteiger partial charge in [-0.2, -0.15) is 0 Å². The summed E-state index contributed by atoms with van der Waals surface area (Å²) in [5.74, 6) is -0.0446. The number of hydrogen-bond donors (Lipinski definition) is 2. The molecule has 1 unspecified atom stereocenters. The zero-order chi connectivity index (χ0) is 15.5. The van der Waals surface area contributed by atoms with Crippen LogP contribution in [0.1, 0.15) is 31.4 Å². The molecule has 2 rings (SSSR count). The Labute approximate surface area is 134 Å². The summed E-state index contributed by atoms with van der Waals surface area (Å²) in [6, 6.07) is 5.18. The lowest BCUT2D eigenvalue weighted by molar-refractivity contribution is -0.136. The molecule has 21 heavy (non-hydrogen) atoms. The van der Waals surface area contributed by atoms with Gasteiger partial charge >= 0.3 is 0 Å². The number of amides is 1. The lowest BCUT2D eigenvalue weighted by Crippen LogP contribution is -2.49. The lowest BCUT2D eigenvalue weighted by Gasteiger charge is -2.35. The van der Waals surface area contributed by atoms with Crippen LogP contribution in [-0.2, 0) is 9.53 Å². The number of hydrogen-bond acceptors (Lipinski definition) is 3. The lowest BCUT2D eigenvalue weighted by atomic mass is 9.79. The molecule has 1 saturated heterocycles. The van der Waals surface area contributed by atoms with Gasteiger partial charge in [-0.1, -0.05) is 35.3 Å². The first kappa shape index (κ1) is 16.6. The largest absolute Gasteiger partial charge is 0.381 e. The molecule has 1 aromatic carbocycles. The summed E-state index contributed by atoms with van der Waals surface area (Å²) in [5.41, 5.74) is 6.10. The monoisotopic (exact) mass is 330 g/mol. The van der Waals surface area contributed by atoms with Gasteiger partial charge in [-0.25, -0.2) is 0 Å². The van der Waals surface area contributed by atoms with Gasteiger partial charge in [-0.3, -0.25) is 4.79 Å². The number of nitrogens with one attached hydrogen (secondary N) is 1. The molecule has 1 amide bonds. The summed E-state index contributed by atoms with van der Waals surface area (Å²) < 4.78 is 5.33. The number of rotatable bonds is 4. The number of nitrogens with two attached hydrogens (primary N) is 1. The molecule has 6 heteroatoms. The minimum atomic E-state index is -0.544. The van der Waals surface area contributed by atoms with E-state index in [2.05, 4.69) is 5.32 Å². The molecule has 0 radical (unpaired) electrons. The number of carbonyl (C=O) groups excluding carboxylic acids is 1. The predicted molar refractivity (Wildman–Crippen MR) is 84.6 cm³/mol. The fourth-order valence-corrected chi connectivity index (χ4v) is 3.04. The molecule has 0 saturated carbocycles. The van der Waals surface area contributed by atoms with Gasteiger partial charge in [0, 0.05) is 19.8 Å². The molecule has 4 nitrogen and oxygen atoms in total. The highest BCUT2D eigenvalue weighted by Gasteiger charge is 2.39. The molecule has 1 heterocycles. The van der Waals surface area contributed by atoms with Crippen LogP contribution in [0.4, 0.5) is 0 Å². The van der Waals surface area contributed by atoms with E-state index < -0.39 is 5.41 Å². The van der Waals surface area contributed by atoms with Crippen molar-refractivity contribution in [3.63, 3.8) is 0 Å². The minimum absolute atomic E-state index is 0.0446. The van der Waals surface area contributed by atoms with Gasteiger partial charge in [0.05, 0.1) is 21.5 Å². The zero-order valence-electron chi connectivity index (χ0n) is 12.0. The van der Waals surface area contributed by atoms with E-state index in [1.807, 2.05) is 19.1 Å². The van der Waals surface area contributed by atoms with Crippen LogP contribution >= 0.6 is 23.2 Å². The predicted octanol–water partition coefficient (Wildman–Crippen LogP) is 2.93. The number of ether oxygens (including phenoxy) is 1. The first-order valence-corrected chi connectivity index (χ1v) is 7.78. The highest BCUT2D eigenvalue weighted by Crippen LogP contribution is 2.33. The van der Waals surface area contributed by atoms with E-state index in [-0.39, 0.29) is 11.9 Å². The second-order valence-electron chi connectivity index (χ2n) is 5.44. The third-order valence-electron chi connectivity index (χ3n) is 4.12. The van der Waals surface area contributed by atoms with E-state index >= 15 is 0 Å². The molecular formula is C15H20Cl2N2O2. The second-order valence-corrected chi connectivity index (χ2v) is 6.22. The Kier molecular flexibility index (Phi) is 5.49. The summed E-state index contributed by atoms with van der Waals surface area (Å²) in [7, 11) is 0. The van der Waals surface area contributed by atoms with Gasteiger partial charge in [0.2, 0.25) is 5.91 Å². The molecule has 1 atom stereocenters. The minimum Gasteiger partial charge on any atom is -0.381 e. The molecule has 1 aromatic rings. The molecule has 1 aliphatic rings. The molecule has 0 aliphatic carbocycles. The van der Waals surface area contributed by atoms with E-state index in [1.54, 1.807) is 6.07 Å². The van der Waals surface area contributed by atoms with Crippen molar-refractivity contribution >= 4 is 29.1 Å². The Hall–Kier alpha value is -0.810.